The number of hydrogen-bond donors (Lipinski definition) is 1. The summed E-state index contributed by atoms with van der Waals surface area (Å²) in [6.07, 6.45) is 3.96. The number of fused-ring (bicyclic) bond motifs is 1. The minimum Gasteiger partial charge on any atom is -0.469 e. The first kappa shape index (κ1) is 21.5. The van der Waals surface area contributed by atoms with Crippen LogP contribution in [0.2, 0.25) is 5.02 Å². The van der Waals surface area contributed by atoms with E-state index in [1.807, 2.05) is 48.5 Å². The monoisotopic (exact) mass is 484 g/mol. The summed E-state index contributed by atoms with van der Waals surface area (Å²) in [5, 5.41) is 4.07. The molecule has 1 aliphatic carbocycles. The first-order chi connectivity index (χ1) is 17.1. The number of carbonyl (C=O) groups is 2. The zero-order chi connectivity index (χ0) is 23.9. The van der Waals surface area contributed by atoms with Gasteiger partial charge in [0.1, 0.15) is 5.76 Å². The second-order valence-electron chi connectivity index (χ2n) is 8.68. The Hall–Kier alpha value is -4.03. The number of carbonyl (C=O) groups excluding carboxylic acids is 2. The van der Waals surface area contributed by atoms with Gasteiger partial charge in [0.15, 0.2) is 11.5 Å². The first-order valence-corrected chi connectivity index (χ1v) is 11.8. The van der Waals surface area contributed by atoms with Crippen molar-refractivity contribution in [3.05, 3.63) is 119 Å². The number of amides is 1. The number of para-hydroxylation sites is 2. The lowest BCUT2D eigenvalue weighted by Gasteiger charge is -2.34. The van der Waals surface area contributed by atoms with Gasteiger partial charge in [0.05, 0.1) is 29.9 Å². The number of nitrogens with one attached hydrogen (secondary N) is 1. The Morgan fingerprint density at radius 2 is 1.69 bits per heavy atom. The number of ketones is 1. The van der Waals surface area contributed by atoms with Gasteiger partial charge in [0.25, 0.3) is 5.91 Å². The molecule has 2 aliphatic rings. The summed E-state index contributed by atoms with van der Waals surface area (Å²) in [6.45, 7) is 0. The zero-order valence-corrected chi connectivity index (χ0v) is 19.4. The molecule has 2 atom stereocenters. The smallest absolute Gasteiger partial charge is 0.294 e. The van der Waals surface area contributed by atoms with E-state index in [-0.39, 0.29) is 29.8 Å². The van der Waals surface area contributed by atoms with Gasteiger partial charge in [-0.25, -0.2) is 0 Å². The Bertz CT molecular complexity index is 1420. The van der Waals surface area contributed by atoms with E-state index in [4.69, 9.17) is 20.4 Å². The number of hydrogen-bond acceptors (Lipinski definition) is 5. The van der Waals surface area contributed by atoms with Crippen LogP contribution in [0.5, 0.6) is 0 Å². The van der Waals surface area contributed by atoms with Gasteiger partial charge in [-0.15, -0.1) is 0 Å². The second kappa shape index (κ2) is 8.64. The molecular formula is C28H21ClN2O4. The van der Waals surface area contributed by atoms with E-state index in [9.17, 15) is 9.59 Å². The van der Waals surface area contributed by atoms with E-state index >= 15 is 0 Å². The number of benzene rings is 2. The maximum absolute atomic E-state index is 13.9. The van der Waals surface area contributed by atoms with Crippen molar-refractivity contribution in [2.24, 2.45) is 0 Å². The van der Waals surface area contributed by atoms with E-state index in [1.165, 1.54) is 6.26 Å². The minimum atomic E-state index is -0.666. The molecule has 35 heavy (non-hydrogen) atoms. The molecule has 0 saturated heterocycles. The first-order valence-electron chi connectivity index (χ1n) is 11.4. The molecule has 2 aromatic carbocycles. The van der Waals surface area contributed by atoms with Crippen LogP contribution < -0.4 is 10.2 Å². The molecule has 6 nitrogen and oxygen atoms in total. The van der Waals surface area contributed by atoms with Crippen molar-refractivity contribution in [3.8, 4) is 0 Å². The van der Waals surface area contributed by atoms with Crippen molar-refractivity contribution in [1.29, 1.82) is 0 Å². The SMILES string of the molecule is O=C1C[C@@H](c2ccco2)CC2=C1[C@@H](c1ccc(Cl)cc1)N(C(=O)c1ccco1)c1ccccc1N2. The van der Waals surface area contributed by atoms with E-state index in [1.54, 1.807) is 35.4 Å². The van der Waals surface area contributed by atoms with Crippen LogP contribution in [0.15, 0.2) is 105 Å². The molecular weight excluding hydrogens is 464 g/mol. The van der Waals surface area contributed by atoms with Gasteiger partial charge in [-0.2, -0.15) is 0 Å². The van der Waals surface area contributed by atoms with Crippen LogP contribution in [0.1, 0.15) is 46.7 Å². The van der Waals surface area contributed by atoms with Crippen molar-refractivity contribution in [3.63, 3.8) is 0 Å². The summed E-state index contributed by atoms with van der Waals surface area (Å²) in [6, 6.07) is 21.2. The molecule has 1 aliphatic heterocycles. The third-order valence-electron chi connectivity index (χ3n) is 6.57. The number of Topliss-reactive ketones (excluding diaryl/α,β-unsaturated/α-hetero) is 1. The van der Waals surface area contributed by atoms with E-state index in [0.717, 1.165) is 22.7 Å². The molecule has 0 saturated carbocycles. The van der Waals surface area contributed by atoms with E-state index in [0.29, 0.717) is 22.7 Å². The fraction of sp³-hybridized carbons (Fsp3) is 0.143. The maximum Gasteiger partial charge on any atom is 0.294 e. The highest BCUT2D eigenvalue weighted by Gasteiger charge is 2.42. The number of halogens is 1. The van der Waals surface area contributed by atoms with Crippen LogP contribution in [-0.4, -0.2) is 11.7 Å². The number of allylic oxidation sites excluding steroid dienone is 1. The molecule has 7 heteroatoms. The van der Waals surface area contributed by atoms with Crippen molar-refractivity contribution >= 4 is 34.7 Å². The molecule has 4 aromatic rings. The molecule has 2 aromatic heterocycles. The molecule has 0 spiro atoms. The van der Waals surface area contributed by atoms with E-state index in [2.05, 4.69) is 5.32 Å². The normalized spacial score (nSPS) is 19.6. The highest BCUT2D eigenvalue weighted by atomic mass is 35.5. The summed E-state index contributed by atoms with van der Waals surface area (Å²) >= 11 is 6.19. The third kappa shape index (κ3) is 3.76. The number of nitrogens with zero attached hydrogens (tertiary/aromatic N) is 1. The van der Waals surface area contributed by atoms with Gasteiger partial charge in [-0.1, -0.05) is 35.9 Å². The summed E-state index contributed by atoms with van der Waals surface area (Å²) in [7, 11) is 0. The summed E-state index contributed by atoms with van der Waals surface area (Å²) in [5.41, 5.74) is 3.52. The number of anilines is 2. The topological polar surface area (TPSA) is 75.7 Å². The molecule has 0 bridgehead atoms. The van der Waals surface area contributed by atoms with Crippen LogP contribution in [0, 0.1) is 0 Å². The van der Waals surface area contributed by atoms with Crippen molar-refractivity contribution in [2.45, 2.75) is 24.8 Å². The van der Waals surface area contributed by atoms with Gasteiger partial charge < -0.3 is 14.2 Å². The molecule has 6 rings (SSSR count). The Morgan fingerprint density at radius 3 is 2.43 bits per heavy atom. The Morgan fingerprint density at radius 1 is 0.914 bits per heavy atom. The molecule has 0 radical (unpaired) electrons. The third-order valence-corrected chi connectivity index (χ3v) is 6.82. The zero-order valence-electron chi connectivity index (χ0n) is 18.6. The summed E-state index contributed by atoms with van der Waals surface area (Å²) in [4.78, 5) is 29.4. The predicted octanol–water partition coefficient (Wildman–Crippen LogP) is 6.74. The van der Waals surface area contributed by atoms with Crippen LogP contribution in [0.4, 0.5) is 11.4 Å². The lowest BCUT2D eigenvalue weighted by molar-refractivity contribution is -0.116. The maximum atomic E-state index is 13.9. The molecule has 0 fully saturated rings. The standard InChI is InChI=1S/C28H21ClN2O4/c29-19-11-9-17(10-12-19)27-26-21(15-18(16-23(26)32)24-7-3-13-34-24)30-20-5-1-2-6-22(20)31(27)28(33)25-8-4-14-35-25/h1-14,18,27,30H,15-16H2/t18-,27+/m0/s1. The average molecular weight is 485 g/mol. The number of furan rings is 2. The molecule has 3 heterocycles. The van der Waals surface area contributed by atoms with Crippen LogP contribution in [-0.2, 0) is 4.79 Å². The lowest BCUT2D eigenvalue weighted by atomic mass is 9.80. The van der Waals surface area contributed by atoms with Crippen molar-refractivity contribution < 1.29 is 18.4 Å². The van der Waals surface area contributed by atoms with Gasteiger partial charge in [-0.05, 0) is 60.5 Å². The Balaban J connectivity index is 1.58. The van der Waals surface area contributed by atoms with Crippen molar-refractivity contribution in [1.82, 2.24) is 0 Å². The van der Waals surface area contributed by atoms with Gasteiger partial charge >= 0.3 is 0 Å². The van der Waals surface area contributed by atoms with Crippen LogP contribution >= 0.6 is 11.6 Å². The lowest BCUT2D eigenvalue weighted by Crippen LogP contribution is -2.38. The fourth-order valence-electron chi connectivity index (χ4n) is 5.02. The van der Waals surface area contributed by atoms with Crippen molar-refractivity contribution in [2.75, 3.05) is 10.2 Å². The van der Waals surface area contributed by atoms with Crippen LogP contribution in [0.25, 0.3) is 0 Å². The van der Waals surface area contributed by atoms with Gasteiger partial charge in [0, 0.05) is 28.6 Å². The van der Waals surface area contributed by atoms with E-state index < -0.39 is 6.04 Å². The number of rotatable bonds is 3. The fourth-order valence-corrected chi connectivity index (χ4v) is 5.14. The predicted molar refractivity (Wildman–Crippen MR) is 132 cm³/mol. The molecule has 1 amide bonds. The molecule has 174 valence electrons. The summed E-state index contributed by atoms with van der Waals surface area (Å²) < 4.78 is 11.1. The second-order valence-corrected chi connectivity index (χ2v) is 9.12. The quantitative estimate of drug-likeness (QED) is 0.348. The van der Waals surface area contributed by atoms with Gasteiger partial charge in [0.2, 0.25) is 0 Å². The summed E-state index contributed by atoms with van der Waals surface area (Å²) in [5.74, 6) is 0.508. The Kier molecular flexibility index (Phi) is 5.30. The van der Waals surface area contributed by atoms with Crippen LogP contribution in [0.3, 0.4) is 0 Å². The van der Waals surface area contributed by atoms with Gasteiger partial charge in [-0.3, -0.25) is 14.5 Å². The molecule has 0 unspecified atom stereocenters. The molecule has 1 N–H and O–H groups in total. The highest BCUT2D eigenvalue weighted by Crippen LogP contribution is 2.48. The highest BCUT2D eigenvalue weighted by molar-refractivity contribution is 6.30. The average Bonchev–Trinajstić information content (AvgIpc) is 3.57. The minimum absolute atomic E-state index is 0.0369. The largest absolute Gasteiger partial charge is 0.469 e. The Labute approximate surface area is 206 Å².